The zero-order chi connectivity index (χ0) is 12.4. The Hall–Kier alpha value is -0.850. The summed E-state index contributed by atoms with van der Waals surface area (Å²) in [6.07, 6.45) is 3.55. The minimum Gasteiger partial charge on any atom is -0.357 e. The van der Waals surface area contributed by atoms with Crippen LogP contribution in [0.3, 0.4) is 0 Å². The van der Waals surface area contributed by atoms with Crippen molar-refractivity contribution in [2.45, 2.75) is 11.5 Å². The molecule has 0 N–H and O–H groups in total. The molecule has 1 aromatic carbocycles. The van der Waals surface area contributed by atoms with Gasteiger partial charge in [-0.15, -0.1) is 16.9 Å². The van der Waals surface area contributed by atoms with E-state index in [1.807, 2.05) is 34.8 Å². The highest BCUT2D eigenvalue weighted by Gasteiger charge is 2.38. The molecule has 0 saturated carbocycles. The molecule has 1 fully saturated rings. The lowest BCUT2D eigenvalue weighted by atomic mass is 10.1. The van der Waals surface area contributed by atoms with Crippen molar-refractivity contribution in [3.63, 3.8) is 0 Å². The molecule has 1 unspecified atom stereocenters. The van der Waals surface area contributed by atoms with E-state index in [1.54, 1.807) is 6.20 Å². The molecule has 1 aromatic heterocycles. The quantitative estimate of drug-likeness (QED) is 0.869. The monoisotopic (exact) mass is 325 g/mol. The van der Waals surface area contributed by atoms with Crippen LogP contribution in [0.15, 0.2) is 41.1 Å². The number of thioether (sulfide) groups is 1. The normalized spacial score (nSPS) is 23.4. The lowest BCUT2D eigenvalue weighted by molar-refractivity contribution is 0.0327. The Balaban J connectivity index is 1.93. The molecule has 0 bridgehead atoms. The molecule has 2 heterocycles. The first kappa shape index (κ1) is 12.2. The predicted molar refractivity (Wildman–Crippen MR) is 74.3 cm³/mol. The minimum absolute atomic E-state index is 0.339. The molecule has 6 heteroatoms. The van der Waals surface area contributed by atoms with E-state index in [1.165, 1.54) is 5.56 Å². The first-order valence-electron chi connectivity index (χ1n) is 5.67. The number of hydrogen-bond donors (Lipinski definition) is 0. The van der Waals surface area contributed by atoms with Gasteiger partial charge in [0.15, 0.2) is 4.93 Å². The molecular weight excluding hydrogens is 314 g/mol. The van der Waals surface area contributed by atoms with Crippen LogP contribution < -0.4 is 0 Å². The van der Waals surface area contributed by atoms with Gasteiger partial charge < -0.3 is 4.74 Å². The Morgan fingerprint density at radius 2 is 2.22 bits per heavy atom. The summed E-state index contributed by atoms with van der Waals surface area (Å²) in [7, 11) is 0. The zero-order valence-corrected chi connectivity index (χ0v) is 12.0. The maximum absolute atomic E-state index is 6.00. The van der Waals surface area contributed by atoms with Gasteiger partial charge in [-0.1, -0.05) is 33.3 Å². The fourth-order valence-corrected chi connectivity index (χ4v) is 3.49. The predicted octanol–water partition coefficient (Wildman–Crippen LogP) is 2.66. The van der Waals surface area contributed by atoms with E-state index in [4.69, 9.17) is 4.74 Å². The van der Waals surface area contributed by atoms with Crippen LogP contribution in [0.2, 0.25) is 0 Å². The van der Waals surface area contributed by atoms with Crippen molar-refractivity contribution in [3.05, 3.63) is 46.7 Å². The van der Waals surface area contributed by atoms with Gasteiger partial charge in [-0.2, -0.15) is 0 Å². The largest absolute Gasteiger partial charge is 0.357 e. The topological polar surface area (TPSA) is 39.9 Å². The van der Waals surface area contributed by atoms with Crippen molar-refractivity contribution >= 4 is 27.7 Å². The first-order chi connectivity index (χ1) is 8.78. The summed E-state index contributed by atoms with van der Waals surface area (Å²) in [5.41, 5.74) is 1.17. The Morgan fingerprint density at radius 3 is 2.83 bits per heavy atom. The van der Waals surface area contributed by atoms with Gasteiger partial charge in [-0.05, 0) is 17.7 Å². The van der Waals surface area contributed by atoms with E-state index in [2.05, 4.69) is 38.4 Å². The summed E-state index contributed by atoms with van der Waals surface area (Å²) >= 11 is 5.28. The van der Waals surface area contributed by atoms with Gasteiger partial charge in [0.1, 0.15) is 0 Å². The lowest BCUT2D eigenvalue weighted by Crippen LogP contribution is -2.28. The SMILES string of the molecule is Brc1ccc(C2(Cn3ccnn3)OCCS2)cc1. The van der Waals surface area contributed by atoms with Crippen LogP contribution in [0.1, 0.15) is 5.56 Å². The Bertz CT molecular complexity index is 509. The molecule has 0 spiro atoms. The number of halogens is 1. The third-order valence-electron chi connectivity index (χ3n) is 2.88. The van der Waals surface area contributed by atoms with Crippen LogP contribution in [-0.2, 0) is 16.2 Å². The summed E-state index contributed by atoms with van der Waals surface area (Å²) in [4.78, 5) is -0.339. The molecule has 4 nitrogen and oxygen atoms in total. The summed E-state index contributed by atoms with van der Waals surface area (Å²) in [6, 6.07) is 8.28. The van der Waals surface area contributed by atoms with Crippen LogP contribution in [0, 0.1) is 0 Å². The summed E-state index contributed by atoms with van der Waals surface area (Å²) in [5, 5.41) is 7.88. The van der Waals surface area contributed by atoms with Gasteiger partial charge in [0, 0.05) is 16.4 Å². The molecule has 1 aliphatic heterocycles. The van der Waals surface area contributed by atoms with Gasteiger partial charge in [-0.25, -0.2) is 4.68 Å². The van der Waals surface area contributed by atoms with Gasteiger partial charge in [0.25, 0.3) is 0 Å². The standard InChI is InChI=1S/C12H12BrN3OS/c13-11-3-1-10(2-4-11)12(17-7-8-18-12)9-16-6-5-14-15-16/h1-6H,7-9H2. The highest BCUT2D eigenvalue weighted by Crippen LogP contribution is 2.43. The molecule has 0 amide bonds. The van der Waals surface area contributed by atoms with E-state index in [-0.39, 0.29) is 4.93 Å². The van der Waals surface area contributed by atoms with Crippen LogP contribution in [0.4, 0.5) is 0 Å². The van der Waals surface area contributed by atoms with Crippen molar-refractivity contribution in [3.8, 4) is 0 Å². The minimum atomic E-state index is -0.339. The molecule has 94 valence electrons. The second kappa shape index (κ2) is 5.03. The van der Waals surface area contributed by atoms with Crippen LogP contribution >= 0.6 is 27.7 Å². The van der Waals surface area contributed by atoms with E-state index < -0.39 is 0 Å². The molecule has 0 radical (unpaired) electrons. The number of hydrogen-bond acceptors (Lipinski definition) is 4. The van der Waals surface area contributed by atoms with Crippen LogP contribution in [0.25, 0.3) is 0 Å². The third kappa shape index (κ3) is 2.32. The molecule has 0 aliphatic carbocycles. The Labute approximate surface area is 118 Å². The van der Waals surface area contributed by atoms with Gasteiger partial charge in [0.05, 0.1) is 19.3 Å². The van der Waals surface area contributed by atoms with Gasteiger partial charge in [0.2, 0.25) is 0 Å². The van der Waals surface area contributed by atoms with Gasteiger partial charge in [-0.3, -0.25) is 0 Å². The molecule has 2 aromatic rings. The molecule has 3 rings (SSSR count). The van der Waals surface area contributed by atoms with E-state index in [0.717, 1.165) is 16.8 Å². The number of benzene rings is 1. The smallest absolute Gasteiger partial charge is 0.158 e. The van der Waals surface area contributed by atoms with Crippen molar-refractivity contribution in [1.29, 1.82) is 0 Å². The fourth-order valence-electron chi connectivity index (χ4n) is 2.04. The first-order valence-corrected chi connectivity index (χ1v) is 7.44. The number of ether oxygens (including phenoxy) is 1. The number of nitrogens with zero attached hydrogens (tertiary/aromatic N) is 3. The fraction of sp³-hybridized carbons (Fsp3) is 0.333. The zero-order valence-electron chi connectivity index (χ0n) is 9.62. The summed E-state index contributed by atoms with van der Waals surface area (Å²) in [6.45, 7) is 1.45. The Morgan fingerprint density at radius 1 is 1.39 bits per heavy atom. The van der Waals surface area contributed by atoms with E-state index >= 15 is 0 Å². The average Bonchev–Trinajstić information content (AvgIpc) is 3.03. The highest BCUT2D eigenvalue weighted by atomic mass is 79.9. The summed E-state index contributed by atoms with van der Waals surface area (Å²) in [5.74, 6) is 1.00. The van der Waals surface area contributed by atoms with Crippen LogP contribution in [0.5, 0.6) is 0 Å². The molecule has 1 aliphatic rings. The number of rotatable bonds is 3. The van der Waals surface area contributed by atoms with Crippen molar-refractivity contribution in [2.24, 2.45) is 0 Å². The second-order valence-electron chi connectivity index (χ2n) is 4.06. The van der Waals surface area contributed by atoms with Crippen molar-refractivity contribution in [1.82, 2.24) is 15.0 Å². The lowest BCUT2D eigenvalue weighted by Gasteiger charge is -2.27. The molecule has 1 atom stereocenters. The Kier molecular flexibility index (Phi) is 3.41. The molecule has 1 saturated heterocycles. The van der Waals surface area contributed by atoms with E-state index in [0.29, 0.717) is 6.54 Å². The maximum atomic E-state index is 6.00. The molecular formula is C12H12BrN3OS. The van der Waals surface area contributed by atoms with Crippen LogP contribution in [-0.4, -0.2) is 27.4 Å². The third-order valence-corrected chi connectivity index (χ3v) is 4.73. The number of aromatic nitrogens is 3. The van der Waals surface area contributed by atoms with Gasteiger partial charge >= 0.3 is 0 Å². The molecule has 18 heavy (non-hydrogen) atoms. The summed E-state index contributed by atoms with van der Waals surface area (Å²) < 4.78 is 8.89. The van der Waals surface area contributed by atoms with E-state index in [9.17, 15) is 0 Å². The van der Waals surface area contributed by atoms with Crippen molar-refractivity contribution < 1.29 is 4.74 Å². The second-order valence-corrected chi connectivity index (χ2v) is 6.33. The van der Waals surface area contributed by atoms with Crippen molar-refractivity contribution in [2.75, 3.05) is 12.4 Å². The maximum Gasteiger partial charge on any atom is 0.158 e. The average molecular weight is 326 g/mol. The highest BCUT2D eigenvalue weighted by molar-refractivity contribution is 9.10.